The minimum atomic E-state index is -0.256. The fraction of sp³-hybridized carbons (Fsp3) is 0.0952. The molecular weight excluding hydrogens is 413 g/mol. The second-order valence-corrected chi connectivity index (χ2v) is 8.48. The third kappa shape index (κ3) is 4.24. The molecule has 140 valence electrons. The zero-order chi connectivity index (χ0) is 19.5. The van der Waals surface area contributed by atoms with Crippen molar-refractivity contribution >= 4 is 34.7 Å². The van der Waals surface area contributed by atoms with E-state index in [1.165, 1.54) is 23.5 Å². The fourth-order valence-corrected chi connectivity index (χ4v) is 4.77. The number of aromatic nitrogens is 3. The number of hydrogen-bond donors (Lipinski definition) is 0. The van der Waals surface area contributed by atoms with Gasteiger partial charge in [-0.15, -0.1) is 21.5 Å². The Hall–Kier alpha value is -2.28. The van der Waals surface area contributed by atoms with E-state index in [1.807, 2.05) is 43.3 Å². The van der Waals surface area contributed by atoms with Crippen LogP contribution >= 0.6 is 34.7 Å². The summed E-state index contributed by atoms with van der Waals surface area (Å²) in [5.41, 5.74) is 3.63. The van der Waals surface area contributed by atoms with Crippen LogP contribution < -0.4 is 0 Å². The standard InChI is InChI=1S/C21H15ClFN3S2/c1-13-20(28-21(24-13)14-6-8-16(23)9-7-14)18-10-11-19(26-25-18)27-12-15-4-2-3-5-17(15)22/h2-11H,12H2,1H3. The largest absolute Gasteiger partial charge is 0.241 e. The summed E-state index contributed by atoms with van der Waals surface area (Å²) in [7, 11) is 0. The highest BCUT2D eigenvalue weighted by Crippen LogP contribution is 2.34. The molecule has 0 atom stereocenters. The summed E-state index contributed by atoms with van der Waals surface area (Å²) in [5.74, 6) is 0.482. The Morgan fingerprint density at radius 1 is 1.00 bits per heavy atom. The average Bonchev–Trinajstić information content (AvgIpc) is 3.10. The molecule has 4 aromatic rings. The van der Waals surface area contributed by atoms with Gasteiger partial charge in [0, 0.05) is 16.3 Å². The molecule has 0 aliphatic rings. The first kappa shape index (κ1) is 19.1. The summed E-state index contributed by atoms with van der Waals surface area (Å²) >= 11 is 9.32. The van der Waals surface area contributed by atoms with Gasteiger partial charge in [0.1, 0.15) is 21.5 Å². The molecule has 2 heterocycles. The molecule has 0 aliphatic carbocycles. The van der Waals surface area contributed by atoms with Gasteiger partial charge in [0.25, 0.3) is 0 Å². The molecule has 2 aromatic carbocycles. The summed E-state index contributed by atoms with van der Waals surface area (Å²) in [6, 6.07) is 18.1. The molecule has 0 unspecified atom stereocenters. The highest BCUT2D eigenvalue weighted by atomic mass is 35.5. The number of hydrogen-bond acceptors (Lipinski definition) is 5. The first-order chi connectivity index (χ1) is 13.6. The Morgan fingerprint density at radius 2 is 1.79 bits per heavy atom. The number of thiazole rings is 1. The molecule has 2 aromatic heterocycles. The maximum atomic E-state index is 13.1. The molecule has 0 fully saturated rings. The first-order valence-corrected chi connectivity index (χ1v) is 10.7. The van der Waals surface area contributed by atoms with Gasteiger partial charge in [-0.25, -0.2) is 9.37 Å². The summed E-state index contributed by atoms with van der Waals surface area (Å²) in [5, 5.41) is 11.1. The second kappa shape index (κ2) is 8.39. The number of aryl methyl sites for hydroxylation is 1. The number of halogens is 2. The van der Waals surface area contributed by atoms with Crippen molar-refractivity contribution in [3.63, 3.8) is 0 Å². The minimum absolute atomic E-state index is 0.256. The van der Waals surface area contributed by atoms with Gasteiger partial charge >= 0.3 is 0 Å². The van der Waals surface area contributed by atoms with Crippen LogP contribution in [0.5, 0.6) is 0 Å². The quantitative estimate of drug-likeness (QED) is 0.334. The van der Waals surface area contributed by atoms with Gasteiger partial charge in [0.2, 0.25) is 0 Å². The highest BCUT2D eigenvalue weighted by molar-refractivity contribution is 7.98. The van der Waals surface area contributed by atoms with Crippen molar-refractivity contribution in [2.24, 2.45) is 0 Å². The van der Waals surface area contributed by atoms with Crippen LogP contribution in [0.4, 0.5) is 4.39 Å². The van der Waals surface area contributed by atoms with Crippen LogP contribution in [0, 0.1) is 12.7 Å². The van der Waals surface area contributed by atoms with E-state index < -0.39 is 0 Å². The van der Waals surface area contributed by atoms with E-state index in [1.54, 1.807) is 23.9 Å². The number of benzene rings is 2. The van der Waals surface area contributed by atoms with E-state index >= 15 is 0 Å². The number of nitrogens with zero attached hydrogens (tertiary/aromatic N) is 3. The molecule has 0 bridgehead atoms. The molecule has 0 radical (unpaired) electrons. The van der Waals surface area contributed by atoms with E-state index in [-0.39, 0.29) is 5.82 Å². The molecule has 4 rings (SSSR count). The molecule has 28 heavy (non-hydrogen) atoms. The summed E-state index contributed by atoms with van der Waals surface area (Å²) < 4.78 is 13.1. The monoisotopic (exact) mass is 427 g/mol. The highest BCUT2D eigenvalue weighted by Gasteiger charge is 2.13. The molecule has 0 saturated heterocycles. The van der Waals surface area contributed by atoms with Gasteiger partial charge in [-0.05, 0) is 55.0 Å². The van der Waals surface area contributed by atoms with Crippen molar-refractivity contribution in [3.05, 3.63) is 82.8 Å². The second-order valence-electron chi connectivity index (χ2n) is 6.08. The predicted molar refractivity (Wildman–Crippen MR) is 114 cm³/mol. The molecular formula is C21H15ClFN3S2. The third-order valence-corrected chi connectivity index (χ3v) is 6.66. The fourth-order valence-electron chi connectivity index (χ4n) is 2.64. The van der Waals surface area contributed by atoms with E-state index in [9.17, 15) is 4.39 Å². The molecule has 0 amide bonds. The SMILES string of the molecule is Cc1nc(-c2ccc(F)cc2)sc1-c1ccc(SCc2ccccc2Cl)nn1. The molecule has 7 heteroatoms. The van der Waals surface area contributed by atoms with Crippen LogP contribution in [-0.4, -0.2) is 15.2 Å². The lowest BCUT2D eigenvalue weighted by atomic mass is 10.2. The first-order valence-electron chi connectivity index (χ1n) is 8.54. The minimum Gasteiger partial charge on any atom is -0.241 e. The summed E-state index contributed by atoms with van der Waals surface area (Å²) in [6.07, 6.45) is 0. The average molecular weight is 428 g/mol. The van der Waals surface area contributed by atoms with Crippen LogP contribution in [0.1, 0.15) is 11.3 Å². The normalized spacial score (nSPS) is 11.0. The van der Waals surface area contributed by atoms with Gasteiger partial charge in [-0.1, -0.05) is 41.6 Å². The van der Waals surface area contributed by atoms with Crippen molar-refractivity contribution in [1.82, 2.24) is 15.2 Å². The van der Waals surface area contributed by atoms with Crippen molar-refractivity contribution in [3.8, 4) is 21.1 Å². The van der Waals surface area contributed by atoms with Crippen LogP contribution in [0.15, 0.2) is 65.7 Å². The van der Waals surface area contributed by atoms with Gasteiger partial charge in [-0.2, -0.15) is 0 Å². The predicted octanol–water partition coefficient (Wildman–Crippen LogP) is 6.66. The Kier molecular flexibility index (Phi) is 5.71. The Morgan fingerprint density at radius 3 is 2.50 bits per heavy atom. The lowest BCUT2D eigenvalue weighted by Crippen LogP contribution is -1.90. The van der Waals surface area contributed by atoms with Gasteiger partial charge in [0.05, 0.1) is 10.6 Å². The van der Waals surface area contributed by atoms with Crippen LogP contribution in [0.3, 0.4) is 0 Å². The lowest BCUT2D eigenvalue weighted by molar-refractivity contribution is 0.628. The Bertz CT molecular complexity index is 1100. The molecule has 3 nitrogen and oxygen atoms in total. The topological polar surface area (TPSA) is 38.7 Å². The third-order valence-electron chi connectivity index (χ3n) is 4.09. The van der Waals surface area contributed by atoms with Crippen LogP contribution in [0.25, 0.3) is 21.1 Å². The Balaban J connectivity index is 1.51. The molecule has 0 saturated carbocycles. The number of thioether (sulfide) groups is 1. The van der Waals surface area contributed by atoms with E-state index in [2.05, 4.69) is 15.2 Å². The number of rotatable bonds is 5. The van der Waals surface area contributed by atoms with Crippen molar-refractivity contribution < 1.29 is 4.39 Å². The Labute approximate surface area is 175 Å². The molecule has 0 spiro atoms. The summed E-state index contributed by atoms with van der Waals surface area (Å²) in [4.78, 5) is 5.57. The molecule has 0 aliphatic heterocycles. The van der Waals surface area contributed by atoms with Crippen LogP contribution in [-0.2, 0) is 5.75 Å². The zero-order valence-electron chi connectivity index (χ0n) is 14.9. The molecule has 0 N–H and O–H groups in total. The van der Waals surface area contributed by atoms with E-state index in [4.69, 9.17) is 11.6 Å². The maximum Gasteiger partial charge on any atom is 0.124 e. The van der Waals surface area contributed by atoms with Crippen molar-refractivity contribution in [1.29, 1.82) is 0 Å². The van der Waals surface area contributed by atoms with Crippen molar-refractivity contribution in [2.75, 3.05) is 0 Å². The van der Waals surface area contributed by atoms with Gasteiger partial charge < -0.3 is 0 Å². The smallest absolute Gasteiger partial charge is 0.124 e. The van der Waals surface area contributed by atoms with E-state index in [0.29, 0.717) is 0 Å². The van der Waals surface area contributed by atoms with E-state index in [0.717, 1.165) is 48.2 Å². The van der Waals surface area contributed by atoms with Crippen LogP contribution in [0.2, 0.25) is 5.02 Å². The van der Waals surface area contributed by atoms with Crippen molar-refractivity contribution in [2.45, 2.75) is 17.7 Å². The van der Waals surface area contributed by atoms with Gasteiger partial charge in [0.15, 0.2) is 0 Å². The zero-order valence-corrected chi connectivity index (χ0v) is 17.3. The van der Waals surface area contributed by atoms with Gasteiger partial charge in [-0.3, -0.25) is 0 Å². The lowest BCUT2D eigenvalue weighted by Gasteiger charge is -2.04. The maximum absolute atomic E-state index is 13.1. The summed E-state index contributed by atoms with van der Waals surface area (Å²) in [6.45, 7) is 1.95.